The highest BCUT2D eigenvalue weighted by Crippen LogP contribution is 2.14. The number of hydrogen-bond donors (Lipinski definition) is 0. The van der Waals surface area contributed by atoms with Crippen LogP contribution in [0.25, 0.3) is 5.65 Å². The van der Waals surface area contributed by atoms with Crippen molar-refractivity contribution in [2.24, 2.45) is 0 Å². The van der Waals surface area contributed by atoms with Gasteiger partial charge in [-0.3, -0.25) is 10.1 Å². The van der Waals surface area contributed by atoms with E-state index in [0.29, 0.717) is 5.69 Å². The first kappa shape index (κ1) is 13.7. The second-order valence-corrected chi connectivity index (χ2v) is 4.58. The minimum Gasteiger partial charge on any atom is -0.456 e. The van der Waals surface area contributed by atoms with Crippen molar-refractivity contribution in [1.29, 1.82) is 0 Å². The van der Waals surface area contributed by atoms with E-state index in [-0.39, 0.29) is 17.9 Å². The third kappa shape index (κ3) is 2.78. The zero-order chi connectivity index (χ0) is 15.5. The number of hydrogen-bond acceptors (Lipinski definition) is 5. The summed E-state index contributed by atoms with van der Waals surface area (Å²) in [7, 11) is 0. The highest BCUT2D eigenvalue weighted by molar-refractivity contribution is 5.90. The van der Waals surface area contributed by atoms with Crippen LogP contribution >= 0.6 is 0 Å². The van der Waals surface area contributed by atoms with Gasteiger partial charge in [0.25, 0.3) is 5.69 Å². The molecule has 7 nitrogen and oxygen atoms in total. The van der Waals surface area contributed by atoms with Gasteiger partial charge >= 0.3 is 5.97 Å². The molecule has 0 amide bonds. The Balaban J connectivity index is 1.71. The van der Waals surface area contributed by atoms with E-state index in [9.17, 15) is 14.9 Å². The van der Waals surface area contributed by atoms with Crippen molar-refractivity contribution in [2.45, 2.75) is 6.61 Å². The molecule has 0 atom stereocenters. The molecule has 0 N–H and O–H groups in total. The number of aromatic nitrogens is 2. The zero-order valence-corrected chi connectivity index (χ0v) is 11.4. The molecule has 110 valence electrons. The summed E-state index contributed by atoms with van der Waals surface area (Å²) in [6.45, 7) is 0.00318. The van der Waals surface area contributed by atoms with Crippen LogP contribution in [0.3, 0.4) is 0 Å². The average molecular weight is 297 g/mol. The predicted octanol–water partition coefficient (Wildman–Crippen LogP) is 2.60. The number of fused-ring (bicyclic) bond motifs is 1. The number of ether oxygens (including phenoxy) is 1. The van der Waals surface area contributed by atoms with Crippen LogP contribution < -0.4 is 0 Å². The third-order valence-electron chi connectivity index (χ3n) is 3.06. The molecule has 0 saturated carbocycles. The highest BCUT2D eigenvalue weighted by Gasteiger charge is 2.13. The third-order valence-corrected chi connectivity index (χ3v) is 3.06. The van der Waals surface area contributed by atoms with Crippen LogP contribution in [0, 0.1) is 10.1 Å². The number of non-ortho nitro benzene ring substituents is 1. The summed E-state index contributed by atoms with van der Waals surface area (Å²) in [5.74, 6) is -0.624. The summed E-state index contributed by atoms with van der Waals surface area (Å²) < 4.78 is 6.96. The van der Waals surface area contributed by atoms with Crippen molar-refractivity contribution < 1.29 is 14.5 Å². The van der Waals surface area contributed by atoms with Crippen molar-refractivity contribution in [2.75, 3.05) is 0 Å². The normalized spacial score (nSPS) is 10.5. The predicted molar refractivity (Wildman–Crippen MR) is 77.4 cm³/mol. The van der Waals surface area contributed by atoms with Gasteiger partial charge in [-0.1, -0.05) is 12.1 Å². The van der Waals surface area contributed by atoms with Gasteiger partial charge in [-0.25, -0.2) is 9.78 Å². The topological polar surface area (TPSA) is 86.7 Å². The molecule has 1 aromatic carbocycles. The fourth-order valence-electron chi connectivity index (χ4n) is 2.03. The van der Waals surface area contributed by atoms with Gasteiger partial charge in [-0.05, 0) is 18.2 Å². The number of nitro benzene ring substituents is 1. The van der Waals surface area contributed by atoms with Crippen molar-refractivity contribution in [1.82, 2.24) is 9.38 Å². The fourth-order valence-corrected chi connectivity index (χ4v) is 2.03. The molecule has 2 aromatic heterocycles. The van der Waals surface area contributed by atoms with E-state index < -0.39 is 10.9 Å². The Hall–Kier alpha value is -3.22. The van der Waals surface area contributed by atoms with E-state index in [1.807, 2.05) is 28.8 Å². The molecule has 0 aliphatic heterocycles. The largest absolute Gasteiger partial charge is 0.456 e. The summed E-state index contributed by atoms with van der Waals surface area (Å²) >= 11 is 0. The Morgan fingerprint density at radius 2 is 2.14 bits per heavy atom. The molecule has 7 heteroatoms. The SMILES string of the molecule is O=C(OCc1cn2ccccc2n1)c1cccc([N+](=O)[O-])c1. The molecule has 3 rings (SSSR count). The van der Waals surface area contributed by atoms with Crippen LogP contribution in [0.4, 0.5) is 5.69 Å². The lowest BCUT2D eigenvalue weighted by Gasteiger charge is -2.02. The number of pyridine rings is 1. The summed E-state index contributed by atoms with van der Waals surface area (Å²) in [6, 6.07) is 11.0. The summed E-state index contributed by atoms with van der Waals surface area (Å²) in [5, 5.41) is 10.7. The molecule has 0 spiro atoms. The maximum atomic E-state index is 11.9. The minimum absolute atomic E-state index is 0.00318. The Morgan fingerprint density at radius 3 is 2.91 bits per heavy atom. The molecule has 0 fully saturated rings. The summed E-state index contributed by atoms with van der Waals surface area (Å²) in [4.78, 5) is 26.4. The van der Waals surface area contributed by atoms with Crippen molar-refractivity contribution in [3.8, 4) is 0 Å². The van der Waals surface area contributed by atoms with Crippen LogP contribution in [0.5, 0.6) is 0 Å². The number of imidazole rings is 1. The Morgan fingerprint density at radius 1 is 1.27 bits per heavy atom. The summed E-state index contributed by atoms with van der Waals surface area (Å²) in [5.41, 5.74) is 1.34. The van der Waals surface area contributed by atoms with Crippen LogP contribution in [-0.2, 0) is 11.3 Å². The van der Waals surface area contributed by atoms with Gasteiger partial charge in [0.15, 0.2) is 0 Å². The second-order valence-electron chi connectivity index (χ2n) is 4.58. The van der Waals surface area contributed by atoms with E-state index in [0.717, 1.165) is 5.65 Å². The van der Waals surface area contributed by atoms with Gasteiger partial charge in [0, 0.05) is 24.5 Å². The van der Waals surface area contributed by atoms with Gasteiger partial charge in [0.05, 0.1) is 16.2 Å². The lowest BCUT2D eigenvalue weighted by atomic mass is 10.2. The molecule has 0 radical (unpaired) electrons. The first-order valence-corrected chi connectivity index (χ1v) is 6.48. The van der Waals surface area contributed by atoms with Crippen LogP contribution in [-0.4, -0.2) is 20.3 Å². The van der Waals surface area contributed by atoms with E-state index in [1.54, 1.807) is 6.20 Å². The Bertz CT molecular complexity index is 824. The lowest BCUT2D eigenvalue weighted by molar-refractivity contribution is -0.384. The average Bonchev–Trinajstić information content (AvgIpc) is 2.95. The first-order chi connectivity index (χ1) is 10.6. The monoisotopic (exact) mass is 297 g/mol. The second kappa shape index (κ2) is 5.65. The number of carbonyl (C=O) groups is 1. The standard InChI is InChI=1S/C15H11N3O4/c19-15(11-4-3-5-13(8-11)18(20)21)22-10-12-9-17-7-2-1-6-14(17)16-12/h1-9H,10H2. The zero-order valence-electron chi connectivity index (χ0n) is 11.4. The Labute approximate surface area is 124 Å². The number of nitrogens with zero attached hydrogens (tertiary/aromatic N) is 3. The number of carbonyl (C=O) groups excluding carboxylic acids is 1. The molecular formula is C15H11N3O4. The lowest BCUT2D eigenvalue weighted by Crippen LogP contribution is -2.05. The van der Waals surface area contributed by atoms with Crippen molar-refractivity contribution in [3.05, 3.63) is 76.2 Å². The molecule has 0 bridgehead atoms. The quantitative estimate of drug-likeness (QED) is 0.419. The molecular weight excluding hydrogens is 286 g/mol. The maximum absolute atomic E-state index is 11.9. The highest BCUT2D eigenvalue weighted by atomic mass is 16.6. The van der Waals surface area contributed by atoms with E-state index >= 15 is 0 Å². The molecule has 3 aromatic rings. The number of benzene rings is 1. The van der Waals surface area contributed by atoms with Gasteiger partial charge in [0.2, 0.25) is 0 Å². The van der Waals surface area contributed by atoms with Gasteiger partial charge in [-0.15, -0.1) is 0 Å². The molecule has 0 unspecified atom stereocenters. The maximum Gasteiger partial charge on any atom is 0.338 e. The molecule has 2 heterocycles. The van der Waals surface area contributed by atoms with E-state index in [2.05, 4.69) is 4.98 Å². The number of rotatable bonds is 4. The van der Waals surface area contributed by atoms with Crippen molar-refractivity contribution in [3.63, 3.8) is 0 Å². The fraction of sp³-hybridized carbons (Fsp3) is 0.0667. The van der Waals surface area contributed by atoms with Gasteiger partial charge < -0.3 is 9.14 Å². The van der Waals surface area contributed by atoms with Crippen LogP contribution in [0.1, 0.15) is 16.1 Å². The van der Waals surface area contributed by atoms with E-state index in [4.69, 9.17) is 4.74 Å². The minimum atomic E-state index is -0.624. The molecule has 0 aliphatic carbocycles. The van der Waals surface area contributed by atoms with Crippen LogP contribution in [0.15, 0.2) is 54.9 Å². The van der Waals surface area contributed by atoms with Crippen LogP contribution in [0.2, 0.25) is 0 Å². The number of nitro groups is 1. The van der Waals surface area contributed by atoms with Gasteiger partial charge in [0.1, 0.15) is 12.3 Å². The molecule has 0 saturated heterocycles. The van der Waals surface area contributed by atoms with Crippen molar-refractivity contribution >= 4 is 17.3 Å². The smallest absolute Gasteiger partial charge is 0.338 e. The first-order valence-electron chi connectivity index (χ1n) is 6.48. The number of esters is 1. The molecule has 22 heavy (non-hydrogen) atoms. The van der Waals surface area contributed by atoms with Gasteiger partial charge in [-0.2, -0.15) is 0 Å². The van der Waals surface area contributed by atoms with E-state index in [1.165, 1.54) is 24.3 Å². The molecule has 0 aliphatic rings. The summed E-state index contributed by atoms with van der Waals surface area (Å²) in [6.07, 6.45) is 3.60. The Kier molecular flexibility index (Phi) is 3.53.